The Balaban J connectivity index is 1.67. The van der Waals surface area contributed by atoms with E-state index < -0.39 is 0 Å². The molecule has 0 atom stereocenters. The normalized spacial score (nSPS) is 10.7. The van der Waals surface area contributed by atoms with Gasteiger partial charge in [-0.3, -0.25) is 9.78 Å². The molecule has 1 N–H and O–H groups in total. The van der Waals surface area contributed by atoms with Crippen molar-refractivity contribution in [2.45, 2.75) is 12.1 Å². The maximum atomic E-state index is 12.4. The van der Waals surface area contributed by atoms with Gasteiger partial charge in [0.05, 0.1) is 18.6 Å². The van der Waals surface area contributed by atoms with Crippen molar-refractivity contribution in [1.29, 1.82) is 0 Å². The molecule has 0 saturated heterocycles. The molecule has 0 saturated carbocycles. The number of carbonyl (C=O) groups excluding carboxylic acids is 1. The summed E-state index contributed by atoms with van der Waals surface area (Å²) in [4.78, 5) is 16.4. The van der Waals surface area contributed by atoms with Crippen molar-refractivity contribution in [2.24, 2.45) is 7.05 Å². The zero-order valence-corrected chi connectivity index (χ0v) is 16.6. The van der Waals surface area contributed by atoms with Crippen molar-refractivity contribution in [2.75, 3.05) is 18.2 Å². The fourth-order valence-electron chi connectivity index (χ4n) is 2.44. The monoisotopic (exact) mass is 403 g/mol. The number of pyridine rings is 1. The van der Waals surface area contributed by atoms with Crippen molar-refractivity contribution in [1.82, 2.24) is 19.7 Å². The van der Waals surface area contributed by atoms with Crippen LogP contribution >= 0.6 is 23.4 Å². The summed E-state index contributed by atoms with van der Waals surface area (Å²) in [6, 6.07) is 7.19. The van der Waals surface area contributed by atoms with Gasteiger partial charge in [0.1, 0.15) is 5.75 Å². The minimum Gasteiger partial charge on any atom is -0.495 e. The number of anilines is 1. The highest BCUT2D eigenvalue weighted by Crippen LogP contribution is 2.31. The van der Waals surface area contributed by atoms with Gasteiger partial charge in [-0.25, -0.2) is 0 Å². The van der Waals surface area contributed by atoms with Crippen LogP contribution in [0.25, 0.3) is 11.4 Å². The average Bonchev–Trinajstić information content (AvgIpc) is 3.04. The molecule has 0 aliphatic rings. The molecule has 1 aromatic carbocycles. The van der Waals surface area contributed by atoms with Crippen LogP contribution in [0.15, 0.2) is 41.8 Å². The summed E-state index contributed by atoms with van der Waals surface area (Å²) in [5.74, 6) is 1.25. The molecular formula is C18H18ClN5O2S. The standard InChI is InChI=1S/C18H18ClN5O2S/c1-11-8-14(15(26-3)9-13(11)19)21-16(25)10-27-18-23-22-17(24(18)2)12-4-6-20-7-5-12/h4-9H,10H2,1-3H3,(H,21,25). The number of halogens is 1. The van der Waals surface area contributed by atoms with Gasteiger partial charge in [-0.1, -0.05) is 23.4 Å². The van der Waals surface area contributed by atoms with Crippen LogP contribution < -0.4 is 10.1 Å². The van der Waals surface area contributed by atoms with Crippen molar-refractivity contribution >= 4 is 35.0 Å². The van der Waals surface area contributed by atoms with Crippen LogP contribution in [0.5, 0.6) is 5.75 Å². The van der Waals surface area contributed by atoms with E-state index in [9.17, 15) is 4.79 Å². The molecular weight excluding hydrogens is 386 g/mol. The number of nitrogens with one attached hydrogen (secondary N) is 1. The van der Waals surface area contributed by atoms with E-state index in [0.717, 1.165) is 17.0 Å². The van der Waals surface area contributed by atoms with Crippen molar-refractivity contribution in [3.8, 4) is 17.1 Å². The Morgan fingerprint density at radius 3 is 2.74 bits per heavy atom. The second-order valence-electron chi connectivity index (χ2n) is 5.74. The molecule has 140 valence electrons. The molecule has 7 nitrogen and oxygen atoms in total. The molecule has 1 amide bonds. The molecule has 0 fully saturated rings. The maximum absolute atomic E-state index is 12.4. The molecule has 0 spiro atoms. The number of aromatic nitrogens is 4. The van der Waals surface area contributed by atoms with Crippen molar-refractivity contribution in [3.05, 3.63) is 47.2 Å². The van der Waals surface area contributed by atoms with E-state index in [1.54, 1.807) is 24.5 Å². The van der Waals surface area contributed by atoms with Gasteiger partial charge in [0.15, 0.2) is 11.0 Å². The predicted molar refractivity (Wildman–Crippen MR) is 106 cm³/mol. The van der Waals surface area contributed by atoms with E-state index in [1.165, 1.54) is 18.9 Å². The van der Waals surface area contributed by atoms with Gasteiger partial charge in [0.2, 0.25) is 5.91 Å². The molecule has 0 aliphatic heterocycles. The van der Waals surface area contributed by atoms with E-state index >= 15 is 0 Å². The lowest BCUT2D eigenvalue weighted by molar-refractivity contribution is -0.113. The summed E-state index contributed by atoms with van der Waals surface area (Å²) in [6.45, 7) is 1.87. The second kappa shape index (κ2) is 8.41. The summed E-state index contributed by atoms with van der Waals surface area (Å²) >= 11 is 7.40. The highest BCUT2D eigenvalue weighted by molar-refractivity contribution is 7.99. The number of amides is 1. The highest BCUT2D eigenvalue weighted by Gasteiger charge is 2.14. The summed E-state index contributed by atoms with van der Waals surface area (Å²) in [5, 5.41) is 12.4. The Kier molecular flexibility index (Phi) is 5.98. The van der Waals surface area contributed by atoms with Gasteiger partial charge >= 0.3 is 0 Å². The molecule has 0 radical (unpaired) electrons. The third-order valence-electron chi connectivity index (χ3n) is 3.86. The lowest BCUT2D eigenvalue weighted by Crippen LogP contribution is -2.15. The first-order valence-electron chi connectivity index (χ1n) is 8.06. The lowest BCUT2D eigenvalue weighted by atomic mass is 10.2. The van der Waals surface area contributed by atoms with E-state index in [4.69, 9.17) is 16.3 Å². The van der Waals surface area contributed by atoms with Gasteiger partial charge in [0.25, 0.3) is 0 Å². The van der Waals surface area contributed by atoms with Crippen molar-refractivity contribution < 1.29 is 9.53 Å². The first-order valence-corrected chi connectivity index (χ1v) is 9.42. The van der Waals surface area contributed by atoms with Crippen LogP contribution in [0.2, 0.25) is 5.02 Å². The summed E-state index contributed by atoms with van der Waals surface area (Å²) in [5.41, 5.74) is 2.36. The quantitative estimate of drug-likeness (QED) is 0.633. The van der Waals surface area contributed by atoms with Crippen LogP contribution in [0, 0.1) is 6.92 Å². The number of hydrogen-bond acceptors (Lipinski definition) is 6. The van der Waals surface area contributed by atoms with Gasteiger partial charge in [-0.2, -0.15) is 0 Å². The molecule has 2 heterocycles. The second-order valence-corrected chi connectivity index (χ2v) is 7.09. The van der Waals surface area contributed by atoms with Crippen LogP contribution in [-0.2, 0) is 11.8 Å². The molecule has 0 unspecified atom stereocenters. The Morgan fingerprint density at radius 1 is 1.30 bits per heavy atom. The number of rotatable bonds is 6. The molecule has 2 aromatic heterocycles. The smallest absolute Gasteiger partial charge is 0.234 e. The lowest BCUT2D eigenvalue weighted by Gasteiger charge is -2.12. The number of methoxy groups -OCH3 is 1. The van der Waals surface area contributed by atoms with E-state index in [1.807, 2.05) is 30.7 Å². The predicted octanol–water partition coefficient (Wildman–Crippen LogP) is 3.58. The third-order valence-corrected chi connectivity index (χ3v) is 5.29. The van der Waals surface area contributed by atoms with Gasteiger partial charge in [0, 0.05) is 36.1 Å². The Hall–Kier alpha value is -2.58. The van der Waals surface area contributed by atoms with E-state index in [0.29, 0.717) is 21.6 Å². The molecule has 27 heavy (non-hydrogen) atoms. The number of aryl methyl sites for hydroxylation is 1. The summed E-state index contributed by atoms with van der Waals surface area (Å²) in [7, 11) is 3.40. The summed E-state index contributed by atoms with van der Waals surface area (Å²) < 4.78 is 7.13. The van der Waals surface area contributed by atoms with Crippen LogP contribution in [0.3, 0.4) is 0 Å². The first-order chi connectivity index (χ1) is 13.0. The number of thioether (sulfide) groups is 1. The first kappa shape index (κ1) is 19.2. The SMILES string of the molecule is COc1cc(Cl)c(C)cc1NC(=O)CSc1nnc(-c2ccncc2)n1C. The van der Waals surface area contributed by atoms with Crippen LogP contribution in [0.1, 0.15) is 5.56 Å². The number of nitrogens with zero attached hydrogens (tertiary/aromatic N) is 4. The minimum absolute atomic E-state index is 0.173. The third kappa shape index (κ3) is 4.40. The average molecular weight is 404 g/mol. The Morgan fingerprint density at radius 2 is 2.04 bits per heavy atom. The maximum Gasteiger partial charge on any atom is 0.234 e. The Bertz CT molecular complexity index is 962. The van der Waals surface area contributed by atoms with E-state index in [2.05, 4.69) is 20.5 Å². The number of benzene rings is 1. The fraction of sp³-hybridized carbons (Fsp3) is 0.222. The minimum atomic E-state index is -0.173. The number of hydrogen-bond donors (Lipinski definition) is 1. The Labute approximate surface area is 166 Å². The van der Waals surface area contributed by atoms with Crippen LogP contribution in [0.4, 0.5) is 5.69 Å². The highest BCUT2D eigenvalue weighted by atomic mass is 35.5. The van der Waals surface area contributed by atoms with E-state index in [-0.39, 0.29) is 11.7 Å². The van der Waals surface area contributed by atoms with Gasteiger partial charge in [-0.05, 0) is 30.7 Å². The number of ether oxygens (including phenoxy) is 1. The molecule has 0 bridgehead atoms. The molecule has 9 heteroatoms. The topological polar surface area (TPSA) is 81.9 Å². The zero-order valence-electron chi connectivity index (χ0n) is 15.1. The van der Waals surface area contributed by atoms with Crippen LogP contribution in [-0.4, -0.2) is 38.5 Å². The largest absolute Gasteiger partial charge is 0.495 e. The fourth-order valence-corrected chi connectivity index (χ4v) is 3.30. The molecule has 3 aromatic rings. The number of carbonyl (C=O) groups is 1. The van der Waals surface area contributed by atoms with Gasteiger partial charge in [-0.15, -0.1) is 10.2 Å². The summed E-state index contributed by atoms with van der Waals surface area (Å²) in [6.07, 6.45) is 3.40. The molecule has 0 aliphatic carbocycles. The van der Waals surface area contributed by atoms with Crippen molar-refractivity contribution in [3.63, 3.8) is 0 Å². The zero-order chi connectivity index (χ0) is 19.4. The van der Waals surface area contributed by atoms with Gasteiger partial charge < -0.3 is 14.6 Å². The molecule has 3 rings (SSSR count).